The molecule has 0 spiro atoms. The van der Waals surface area contributed by atoms with E-state index in [1.807, 2.05) is 61.5 Å². The summed E-state index contributed by atoms with van der Waals surface area (Å²) < 4.78 is 0. The van der Waals surface area contributed by atoms with Crippen molar-refractivity contribution in [1.29, 1.82) is 0 Å². The van der Waals surface area contributed by atoms with E-state index in [0.717, 1.165) is 40.4 Å². The summed E-state index contributed by atoms with van der Waals surface area (Å²) in [5.41, 5.74) is 9.23. The zero-order valence-corrected chi connectivity index (χ0v) is 19.7. The minimum Gasteiger partial charge on any atom is -0.387 e. The number of carbonyl (C=O) groups is 1. The van der Waals surface area contributed by atoms with Gasteiger partial charge in [-0.15, -0.1) is 36.2 Å². The fourth-order valence-corrected chi connectivity index (χ4v) is 3.70. The van der Waals surface area contributed by atoms with Crippen molar-refractivity contribution in [3.63, 3.8) is 0 Å². The lowest BCUT2D eigenvalue weighted by molar-refractivity contribution is -0.115. The van der Waals surface area contributed by atoms with E-state index in [2.05, 4.69) is 15.6 Å². The molecule has 0 saturated heterocycles. The van der Waals surface area contributed by atoms with Crippen LogP contribution in [0.3, 0.4) is 0 Å². The van der Waals surface area contributed by atoms with E-state index in [9.17, 15) is 9.90 Å². The molecular weight excluding hydrogens is 455 g/mol. The number of nitrogens with zero attached hydrogens (tertiary/aromatic N) is 1. The van der Waals surface area contributed by atoms with Gasteiger partial charge in [0.25, 0.3) is 0 Å². The summed E-state index contributed by atoms with van der Waals surface area (Å²) in [5, 5.41) is 16.8. The number of carbonyl (C=O) groups excluding carboxylic acids is 1. The van der Waals surface area contributed by atoms with Gasteiger partial charge in [0.15, 0.2) is 5.13 Å². The van der Waals surface area contributed by atoms with Crippen LogP contribution in [0.4, 0.5) is 10.8 Å². The molecule has 31 heavy (non-hydrogen) atoms. The van der Waals surface area contributed by atoms with Crippen molar-refractivity contribution in [2.75, 3.05) is 24.1 Å². The summed E-state index contributed by atoms with van der Waals surface area (Å²) in [6, 6.07) is 17.4. The number of aliphatic hydroxyl groups is 1. The van der Waals surface area contributed by atoms with Gasteiger partial charge in [0.05, 0.1) is 18.2 Å². The molecule has 3 aromatic rings. The summed E-state index contributed by atoms with van der Waals surface area (Å²) in [7, 11) is 0. The molecular formula is C22H28Cl2N4O2S. The smallest absolute Gasteiger partial charge is 0.230 e. The largest absolute Gasteiger partial charge is 0.387 e. The normalized spacial score (nSPS) is 11.2. The molecule has 0 saturated carbocycles. The highest BCUT2D eigenvalue weighted by molar-refractivity contribution is 7.15. The highest BCUT2D eigenvalue weighted by Gasteiger charge is 2.11. The van der Waals surface area contributed by atoms with Crippen molar-refractivity contribution in [1.82, 2.24) is 10.3 Å². The quantitative estimate of drug-likeness (QED) is 0.346. The van der Waals surface area contributed by atoms with Crippen molar-refractivity contribution < 1.29 is 9.90 Å². The van der Waals surface area contributed by atoms with Gasteiger partial charge in [-0.1, -0.05) is 42.5 Å². The molecule has 9 heteroatoms. The Bertz CT molecular complexity index is 936. The Morgan fingerprint density at radius 1 is 1.13 bits per heavy atom. The highest BCUT2D eigenvalue weighted by atomic mass is 35.5. The zero-order chi connectivity index (χ0) is 20.6. The Labute approximate surface area is 199 Å². The van der Waals surface area contributed by atoms with E-state index < -0.39 is 6.10 Å². The third-order valence-electron chi connectivity index (χ3n) is 4.59. The molecule has 1 heterocycles. The van der Waals surface area contributed by atoms with Crippen LogP contribution in [-0.4, -0.2) is 29.1 Å². The van der Waals surface area contributed by atoms with Crippen LogP contribution in [0.25, 0.3) is 0 Å². The molecule has 3 rings (SSSR count). The van der Waals surface area contributed by atoms with Crippen LogP contribution in [0, 0.1) is 6.92 Å². The van der Waals surface area contributed by atoms with Crippen molar-refractivity contribution in [2.45, 2.75) is 25.9 Å². The molecule has 2 aromatic carbocycles. The Morgan fingerprint density at radius 2 is 1.81 bits per heavy atom. The third-order valence-corrected chi connectivity index (χ3v) is 5.43. The maximum atomic E-state index is 12.2. The van der Waals surface area contributed by atoms with Gasteiger partial charge in [0.2, 0.25) is 5.91 Å². The lowest BCUT2D eigenvalue weighted by atomic mass is 10.1. The van der Waals surface area contributed by atoms with E-state index in [1.54, 1.807) is 0 Å². The summed E-state index contributed by atoms with van der Waals surface area (Å²) in [5.74, 6) is -0.109. The molecule has 1 aromatic heterocycles. The monoisotopic (exact) mass is 482 g/mol. The molecule has 168 valence electrons. The minimum atomic E-state index is -0.509. The Hall–Kier alpha value is -2.16. The number of hydrogen-bond acceptors (Lipinski definition) is 6. The van der Waals surface area contributed by atoms with Crippen LogP contribution in [0.5, 0.6) is 0 Å². The first-order valence-corrected chi connectivity index (χ1v) is 10.4. The maximum absolute atomic E-state index is 12.2. The van der Waals surface area contributed by atoms with Crippen molar-refractivity contribution >= 4 is 52.9 Å². The topological polar surface area (TPSA) is 100 Å². The number of anilines is 2. The standard InChI is InChI=1S/C22H26N4O2S.2ClH/c1-15-19(26-22(23)29-15)13-21(28)25-18-9-7-16(8-10-18)11-12-24-14-20(27)17-5-3-2-4-6-17;;/h2-10,20,24,27H,11-14H2,1H3,(H2,23,26)(H,25,28);2*1H/t20-;;/m0../s1. The van der Waals surface area contributed by atoms with E-state index in [4.69, 9.17) is 5.73 Å². The molecule has 0 fully saturated rings. The first-order chi connectivity index (χ1) is 14.0. The number of hydrogen-bond donors (Lipinski definition) is 4. The lowest BCUT2D eigenvalue weighted by Crippen LogP contribution is -2.23. The Morgan fingerprint density at radius 3 is 2.42 bits per heavy atom. The van der Waals surface area contributed by atoms with Gasteiger partial charge in [0.1, 0.15) is 0 Å². The third kappa shape index (κ3) is 8.47. The first-order valence-electron chi connectivity index (χ1n) is 9.55. The molecule has 1 atom stereocenters. The number of benzene rings is 2. The Kier molecular flexibility index (Phi) is 11.5. The molecule has 5 N–H and O–H groups in total. The Balaban J connectivity index is 0.00000240. The van der Waals surface area contributed by atoms with Gasteiger partial charge < -0.3 is 21.5 Å². The number of aryl methyl sites for hydroxylation is 1. The summed E-state index contributed by atoms with van der Waals surface area (Å²) in [4.78, 5) is 17.4. The van der Waals surface area contributed by atoms with Gasteiger partial charge >= 0.3 is 0 Å². The zero-order valence-electron chi connectivity index (χ0n) is 17.2. The molecule has 0 radical (unpaired) electrons. The molecule has 0 aliphatic rings. The van der Waals surface area contributed by atoms with Crippen LogP contribution in [0.15, 0.2) is 54.6 Å². The highest BCUT2D eigenvalue weighted by Crippen LogP contribution is 2.20. The van der Waals surface area contributed by atoms with E-state index in [0.29, 0.717) is 11.7 Å². The minimum absolute atomic E-state index is 0. The van der Waals surface area contributed by atoms with Crippen LogP contribution in [0.1, 0.15) is 27.8 Å². The molecule has 0 bridgehead atoms. The van der Waals surface area contributed by atoms with Crippen molar-refractivity contribution in [3.05, 3.63) is 76.3 Å². The first kappa shape index (κ1) is 26.9. The summed E-state index contributed by atoms with van der Waals surface area (Å²) in [6.45, 7) is 3.19. The van der Waals surface area contributed by atoms with Gasteiger partial charge in [-0.05, 0) is 43.1 Å². The number of halogens is 2. The summed E-state index contributed by atoms with van der Waals surface area (Å²) in [6.07, 6.45) is 0.549. The lowest BCUT2D eigenvalue weighted by Gasteiger charge is -2.12. The van der Waals surface area contributed by atoms with E-state index >= 15 is 0 Å². The second-order valence-electron chi connectivity index (χ2n) is 6.86. The van der Waals surface area contributed by atoms with Crippen molar-refractivity contribution in [3.8, 4) is 0 Å². The number of aliphatic hydroxyl groups excluding tert-OH is 1. The van der Waals surface area contributed by atoms with E-state index in [1.165, 1.54) is 11.3 Å². The fraction of sp³-hybridized carbons (Fsp3) is 0.273. The number of nitrogens with two attached hydrogens (primary N) is 1. The number of rotatable bonds is 9. The number of nitrogen functional groups attached to an aromatic ring is 1. The number of thiazole rings is 1. The van der Waals surface area contributed by atoms with E-state index in [-0.39, 0.29) is 37.1 Å². The molecule has 0 aliphatic carbocycles. The fourth-order valence-electron chi connectivity index (χ4n) is 2.99. The average Bonchev–Trinajstić information content (AvgIpc) is 3.03. The predicted octanol–water partition coefficient (Wildman–Crippen LogP) is 3.92. The summed E-state index contributed by atoms with van der Waals surface area (Å²) >= 11 is 1.39. The SMILES string of the molecule is Cc1sc(N)nc1CC(=O)Nc1ccc(CCNC[C@H](O)c2ccccc2)cc1.Cl.Cl. The van der Waals surface area contributed by atoms with Gasteiger partial charge in [-0.3, -0.25) is 4.79 Å². The molecule has 6 nitrogen and oxygen atoms in total. The number of nitrogens with one attached hydrogen (secondary N) is 2. The second kappa shape index (κ2) is 13.3. The van der Waals surface area contributed by atoms with Gasteiger partial charge in [-0.2, -0.15) is 0 Å². The van der Waals surface area contributed by atoms with Crippen LogP contribution < -0.4 is 16.4 Å². The second-order valence-corrected chi connectivity index (χ2v) is 8.09. The molecule has 0 unspecified atom stereocenters. The predicted molar refractivity (Wildman–Crippen MR) is 133 cm³/mol. The molecule has 1 amide bonds. The maximum Gasteiger partial charge on any atom is 0.230 e. The van der Waals surface area contributed by atoms with Crippen LogP contribution in [-0.2, 0) is 17.6 Å². The van der Waals surface area contributed by atoms with Gasteiger partial charge in [0, 0.05) is 17.1 Å². The van der Waals surface area contributed by atoms with Crippen LogP contribution in [0.2, 0.25) is 0 Å². The number of amides is 1. The van der Waals surface area contributed by atoms with Crippen LogP contribution >= 0.6 is 36.2 Å². The average molecular weight is 483 g/mol. The number of aromatic nitrogens is 1. The van der Waals surface area contributed by atoms with Crippen molar-refractivity contribution in [2.24, 2.45) is 0 Å². The van der Waals surface area contributed by atoms with Gasteiger partial charge in [-0.25, -0.2) is 4.98 Å². The molecule has 0 aliphatic heterocycles.